The van der Waals surface area contributed by atoms with Crippen LogP contribution in [0.4, 0.5) is 0 Å². The summed E-state index contributed by atoms with van der Waals surface area (Å²) in [5, 5.41) is 10.7. The Labute approximate surface area is 178 Å². The number of aliphatic hydroxyl groups is 1. The molecule has 1 aromatic carbocycles. The van der Waals surface area contributed by atoms with E-state index >= 15 is 0 Å². The van der Waals surface area contributed by atoms with Gasteiger partial charge in [0.1, 0.15) is 22.1 Å². The lowest BCUT2D eigenvalue weighted by molar-refractivity contribution is -0.143. The third kappa shape index (κ3) is 6.21. The van der Waals surface area contributed by atoms with Gasteiger partial charge in [-0.15, -0.1) is 0 Å². The molecule has 0 saturated heterocycles. The number of hydrogen-bond acceptors (Lipinski definition) is 8. The van der Waals surface area contributed by atoms with Crippen molar-refractivity contribution in [2.75, 3.05) is 20.3 Å². The topological polar surface area (TPSA) is 111 Å². The molecule has 0 bridgehead atoms. The van der Waals surface area contributed by atoms with Crippen molar-refractivity contribution in [3.8, 4) is 5.75 Å². The zero-order valence-electron chi connectivity index (χ0n) is 17.0. The van der Waals surface area contributed by atoms with E-state index < -0.39 is 11.9 Å². The maximum Gasteiger partial charge on any atom is 0.344 e. The number of methoxy groups -OCH3 is 1. The maximum atomic E-state index is 12.3. The molecule has 8 nitrogen and oxygen atoms in total. The Morgan fingerprint density at radius 3 is 2.47 bits per heavy atom. The molecule has 0 spiro atoms. The monoisotopic (exact) mass is 433 g/mol. The summed E-state index contributed by atoms with van der Waals surface area (Å²) in [5.74, 6) is -1.41. The zero-order chi connectivity index (χ0) is 22.1. The molecule has 1 aliphatic rings. The van der Waals surface area contributed by atoms with E-state index in [2.05, 4.69) is 9.73 Å². The van der Waals surface area contributed by atoms with Gasteiger partial charge in [-0.05, 0) is 37.1 Å². The average molecular weight is 433 g/mol. The van der Waals surface area contributed by atoms with Gasteiger partial charge in [0.25, 0.3) is 0 Å². The van der Waals surface area contributed by atoms with E-state index in [1.54, 1.807) is 37.3 Å². The molecule has 1 N–H and O–H groups in total. The highest BCUT2D eigenvalue weighted by Crippen LogP contribution is 2.39. The molecule has 0 saturated carbocycles. The van der Waals surface area contributed by atoms with Crippen molar-refractivity contribution in [1.82, 2.24) is 0 Å². The number of carbonyl (C=O) groups is 3. The first-order chi connectivity index (χ1) is 14.4. The van der Waals surface area contributed by atoms with Crippen LogP contribution in [0.2, 0.25) is 0 Å². The molecule has 0 fully saturated rings. The number of ether oxygens (including phenoxy) is 3. The molecule has 1 amide bonds. The highest BCUT2D eigenvalue weighted by Gasteiger charge is 2.33. The minimum Gasteiger partial charge on any atom is -0.506 e. The Balaban J connectivity index is 2.27. The van der Waals surface area contributed by atoms with Crippen LogP contribution in [0.1, 0.15) is 32.3 Å². The van der Waals surface area contributed by atoms with Crippen LogP contribution in [0.3, 0.4) is 0 Å². The maximum absolute atomic E-state index is 12.3. The highest BCUT2D eigenvalue weighted by atomic mass is 32.2. The van der Waals surface area contributed by atoms with Gasteiger partial charge in [0.05, 0.1) is 18.6 Å². The summed E-state index contributed by atoms with van der Waals surface area (Å²) in [6.07, 6.45) is 2.51. The van der Waals surface area contributed by atoms with Crippen LogP contribution in [0.15, 0.2) is 45.5 Å². The number of esters is 2. The lowest BCUT2D eigenvalue weighted by Gasteiger charge is -2.05. The summed E-state index contributed by atoms with van der Waals surface area (Å²) in [6, 6.07) is 6.74. The van der Waals surface area contributed by atoms with Crippen molar-refractivity contribution in [3.63, 3.8) is 0 Å². The summed E-state index contributed by atoms with van der Waals surface area (Å²) in [4.78, 5) is 39.7. The molecular formula is C21H23NO7S. The first-order valence-electron chi connectivity index (χ1n) is 9.31. The van der Waals surface area contributed by atoms with Crippen LogP contribution in [-0.2, 0) is 23.9 Å². The predicted octanol–water partition coefficient (Wildman–Crippen LogP) is 3.43. The molecule has 0 radical (unpaired) electrons. The van der Waals surface area contributed by atoms with E-state index in [4.69, 9.17) is 9.47 Å². The number of rotatable bonds is 8. The van der Waals surface area contributed by atoms with Crippen LogP contribution < -0.4 is 4.74 Å². The number of benzene rings is 1. The second-order valence-electron chi connectivity index (χ2n) is 6.05. The first kappa shape index (κ1) is 23.2. The first-order valence-corrected chi connectivity index (χ1v) is 10.1. The van der Waals surface area contributed by atoms with Crippen LogP contribution in [0, 0.1) is 0 Å². The molecule has 0 aliphatic carbocycles. The van der Waals surface area contributed by atoms with E-state index in [0.717, 1.165) is 11.8 Å². The normalized spacial score (nSPS) is 16.1. The molecule has 1 heterocycles. The second kappa shape index (κ2) is 11.2. The van der Waals surface area contributed by atoms with Gasteiger partial charge < -0.3 is 19.3 Å². The Kier molecular flexibility index (Phi) is 8.67. The number of nitrogens with zero attached hydrogens (tertiary/aromatic N) is 1. The lowest BCUT2D eigenvalue weighted by Crippen LogP contribution is -2.14. The molecule has 1 aliphatic heterocycles. The van der Waals surface area contributed by atoms with E-state index in [0.29, 0.717) is 22.6 Å². The van der Waals surface area contributed by atoms with Crippen molar-refractivity contribution >= 4 is 40.7 Å². The lowest BCUT2D eigenvalue weighted by atomic mass is 10.1. The summed E-state index contributed by atoms with van der Waals surface area (Å²) in [5.41, 5.74) is 0.592. The summed E-state index contributed by atoms with van der Waals surface area (Å²) in [7, 11) is 1.28. The van der Waals surface area contributed by atoms with Crippen molar-refractivity contribution in [2.24, 2.45) is 4.99 Å². The van der Waals surface area contributed by atoms with Crippen LogP contribution in [0.25, 0.3) is 6.08 Å². The van der Waals surface area contributed by atoms with Crippen molar-refractivity contribution < 1.29 is 33.7 Å². The van der Waals surface area contributed by atoms with Crippen molar-refractivity contribution in [3.05, 3.63) is 46.1 Å². The van der Waals surface area contributed by atoms with Gasteiger partial charge in [-0.2, -0.15) is 0 Å². The summed E-state index contributed by atoms with van der Waals surface area (Å²) < 4.78 is 14.8. The minimum absolute atomic E-state index is 0.115. The molecule has 2 rings (SSSR count). The number of carbonyl (C=O) groups excluding carboxylic acids is 3. The predicted molar refractivity (Wildman–Crippen MR) is 113 cm³/mol. The number of amides is 1. The number of thioether (sulfide) groups is 1. The van der Waals surface area contributed by atoms with Gasteiger partial charge in [0.15, 0.2) is 6.61 Å². The molecule has 160 valence electrons. The highest BCUT2D eigenvalue weighted by molar-refractivity contribution is 8.18. The number of hydrogen-bond donors (Lipinski definition) is 1. The third-order valence-electron chi connectivity index (χ3n) is 3.82. The van der Waals surface area contributed by atoms with Gasteiger partial charge in [0.2, 0.25) is 5.91 Å². The minimum atomic E-state index is -0.736. The van der Waals surface area contributed by atoms with Crippen molar-refractivity contribution in [1.29, 1.82) is 0 Å². The standard InChI is InChI=1S/C21H23NO7S/c1-4-6-16(23)22-20-18(21(26)28-5-2)19(25)15(30-20)11-13-7-9-14(10-8-13)29-12-17(24)27-3/h7-11,25H,4-6,12H2,1-3H3/b15-11-,22-20?. The third-order valence-corrected chi connectivity index (χ3v) is 4.84. The van der Waals surface area contributed by atoms with E-state index in [9.17, 15) is 19.5 Å². The molecule has 9 heteroatoms. The summed E-state index contributed by atoms with van der Waals surface area (Å²) >= 11 is 1.02. The average Bonchev–Trinajstić information content (AvgIpc) is 3.02. The number of aliphatic imine (C=N–C) groups is 1. The number of aliphatic hydroxyl groups excluding tert-OH is 1. The Hall–Kier alpha value is -3.07. The Morgan fingerprint density at radius 1 is 1.17 bits per heavy atom. The fourth-order valence-electron chi connectivity index (χ4n) is 2.39. The largest absolute Gasteiger partial charge is 0.506 e. The Bertz CT molecular complexity index is 900. The molecule has 0 unspecified atom stereocenters. The molecule has 0 aromatic heterocycles. The second-order valence-corrected chi connectivity index (χ2v) is 7.08. The van der Waals surface area contributed by atoms with Gasteiger partial charge in [0, 0.05) is 6.42 Å². The quantitative estimate of drug-likeness (QED) is 0.621. The summed E-state index contributed by atoms with van der Waals surface area (Å²) in [6.45, 7) is 3.42. The molecule has 1 aromatic rings. The van der Waals surface area contributed by atoms with Crippen LogP contribution in [0.5, 0.6) is 5.75 Å². The smallest absolute Gasteiger partial charge is 0.344 e. The van der Waals surface area contributed by atoms with E-state index in [1.165, 1.54) is 7.11 Å². The fraction of sp³-hybridized carbons (Fsp3) is 0.333. The van der Waals surface area contributed by atoms with Crippen LogP contribution in [-0.4, -0.2) is 48.3 Å². The van der Waals surface area contributed by atoms with Gasteiger partial charge >= 0.3 is 11.9 Å². The Morgan fingerprint density at radius 2 is 1.87 bits per heavy atom. The molecular weight excluding hydrogens is 410 g/mol. The van der Waals surface area contributed by atoms with Gasteiger partial charge in [-0.25, -0.2) is 14.6 Å². The zero-order valence-corrected chi connectivity index (χ0v) is 17.8. The van der Waals surface area contributed by atoms with E-state index in [-0.39, 0.29) is 41.9 Å². The van der Waals surface area contributed by atoms with E-state index in [1.807, 2.05) is 6.92 Å². The van der Waals surface area contributed by atoms with Gasteiger partial charge in [-0.3, -0.25) is 4.79 Å². The van der Waals surface area contributed by atoms with Crippen LogP contribution >= 0.6 is 11.8 Å². The molecule has 0 atom stereocenters. The van der Waals surface area contributed by atoms with Crippen molar-refractivity contribution in [2.45, 2.75) is 26.7 Å². The fourth-order valence-corrected chi connectivity index (χ4v) is 3.42. The molecule has 30 heavy (non-hydrogen) atoms. The SMILES string of the molecule is CCCC(=O)N=C1S/C(=C\c2ccc(OCC(=O)OC)cc2)C(O)=C1C(=O)OCC. The van der Waals surface area contributed by atoms with Gasteiger partial charge in [-0.1, -0.05) is 30.8 Å².